The van der Waals surface area contributed by atoms with E-state index in [4.69, 9.17) is 5.73 Å². The fraction of sp³-hybridized carbons (Fsp3) is 0.267. The van der Waals surface area contributed by atoms with Gasteiger partial charge < -0.3 is 5.73 Å². The molecule has 1 heterocycles. The van der Waals surface area contributed by atoms with Crippen LogP contribution in [0.5, 0.6) is 0 Å². The van der Waals surface area contributed by atoms with Gasteiger partial charge in [0.25, 0.3) is 0 Å². The molecular weight excluding hydrogens is 240 g/mol. The van der Waals surface area contributed by atoms with Crippen LogP contribution in [0.1, 0.15) is 24.9 Å². The summed E-state index contributed by atoms with van der Waals surface area (Å²) in [4.78, 5) is 4.35. The maximum absolute atomic E-state index is 6.35. The van der Waals surface area contributed by atoms with Crippen LogP contribution in [0.25, 0.3) is 0 Å². The smallest absolute Gasteiger partial charge is 0.0963 e. The first-order valence-electron chi connectivity index (χ1n) is 6.19. The molecule has 0 fully saturated rings. The second-order valence-electron chi connectivity index (χ2n) is 4.17. The number of nitrogens with two attached hydrogens (primary N) is 1. The van der Waals surface area contributed by atoms with E-state index in [0.29, 0.717) is 5.25 Å². The quantitative estimate of drug-likeness (QED) is 0.832. The number of hydrogen-bond acceptors (Lipinski definition) is 3. The predicted octanol–water partition coefficient (Wildman–Crippen LogP) is 3.65. The van der Waals surface area contributed by atoms with E-state index in [0.717, 1.165) is 11.4 Å². The topological polar surface area (TPSA) is 38.9 Å². The molecule has 0 amide bonds. The average molecular weight is 258 g/mol. The highest BCUT2D eigenvalue weighted by Gasteiger charge is 2.19. The van der Waals surface area contributed by atoms with Crippen LogP contribution < -0.4 is 5.73 Å². The summed E-state index contributed by atoms with van der Waals surface area (Å²) in [6.45, 7) is 2.17. The number of benzene rings is 1. The fourth-order valence-corrected chi connectivity index (χ4v) is 2.93. The lowest BCUT2D eigenvalue weighted by molar-refractivity contribution is 0.655. The highest BCUT2D eigenvalue weighted by Crippen LogP contribution is 2.31. The molecule has 0 aliphatic carbocycles. The highest BCUT2D eigenvalue weighted by molar-refractivity contribution is 7.99. The first kappa shape index (κ1) is 13.1. The molecule has 2 rings (SSSR count). The van der Waals surface area contributed by atoms with Gasteiger partial charge in [-0.15, -0.1) is 11.8 Å². The van der Waals surface area contributed by atoms with E-state index in [1.807, 2.05) is 42.6 Å². The van der Waals surface area contributed by atoms with Gasteiger partial charge in [0.2, 0.25) is 0 Å². The minimum Gasteiger partial charge on any atom is -0.323 e. The van der Waals surface area contributed by atoms with Crippen molar-refractivity contribution in [2.45, 2.75) is 29.7 Å². The van der Waals surface area contributed by atoms with Crippen LogP contribution >= 0.6 is 11.8 Å². The molecule has 94 valence electrons. The van der Waals surface area contributed by atoms with Gasteiger partial charge in [0.1, 0.15) is 0 Å². The Hall–Kier alpha value is -1.32. The second kappa shape index (κ2) is 6.57. The van der Waals surface area contributed by atoms with Crippen LogP contribution in [0.2, 0.25) is 0 Å². The van der Waals surface area contributed by atoms with Crippen LogP contribution in [0, 0.1) is 0 Å². The van der Waals surface area contributed by atoms with Crippen LogP contribution in [0.3, 0.4) is 0 Å². The highest BCUT2D eigenvalue weighted by atomic mass is 32.2. The Labute approximate surface area is 113 Å². The zero-order valence-corrected chi connectivity index (χ0v) is 11.3. The standard InChI is InChI=1S/C15H18N2S/c1-2-13(18-14-10-6-7-11-17-14)15(16)12-8-4-3-5-9-12/h3-11,13,15H,2,16H2,1H3. The van der Waals surface area contributed by atoms with Crippen molar-refractivity contribution >= 4 is 11.8 Å². The van der Waals surface area contributed by atoms with Crippen LogP contribution in [0.4, 0.5) is 0 Å². The summed E-state index contributed by atoms with van der Waals surface area (Å²) in [5.41, 5.74) is 7.54. The van der Waals surface area contributed by atoms with Crippen molar-refractivity contribution in [2.24, 2.45) is 5.73 Å². The molecule has 0 aliphatic rings. The van der Waals surface area contributed by atoms with Crippen LogP contribution in [-0.4, -0.2) is 10.2 Å². The Kier molecular flexibility index (Phi) is 4.79. The molecule has 0 radical (unpaired) electrons. The Bertz CT molecular complexity index is 458. The number of thioether (sulfide) groups is 1. The molecule has 2 N–H and O–H groups in total. The monoisotopic (exact) mass is 258 g/mol. The summed E-state index contributed by atoms with van der Waals surface area (Å²) in [6.07, 6.45) is 2.85. The number of pyridine rings is 1. The summed E-state index contributed by atoms with van der Waals surface area (Å²) in [5, 5.41) is 1.39. The zero-order valence-electron chi connectivity index (χ0n) is 10.5. The number of nitrogens with zero attached hydrogens (tertiary/aromatic N) is 1. The average Bonchev–Trinajstić information content (AvgIpc) is 2.46. The molecule has 0 bridgehead atoms. The van der Waals surface area contributed by atoms with E-state index < -0.39 is 0 Å². The molecule has 18 heavy (non-hydrogen) atoms. The van der Waals surface area contributed by atoms with Crippen molar-refractivity contribution in [3.8, 4) is 0 Å². The molecule has 2 nitrogen and oxygen atoms in total. The lowest BCUT2D eigenvalue weighted by Gasteiger charge is -2.22. The van der Waals surface area contributed by atoms with Gasteiger partial charge in [-0.3, -0.25) is 0 Å². The van der Waals surface area contributed by atoms with Gasteiger partial charge in [-0.25, -0.2) is 4.98 Å². The van der Waals surface area contributed by atoms with Crippen molar-refractivity contribution in [3.63, 3.8) is 0 Å². The minimum absolute atomic E-state index is 0.0446. The molecule has 0 saturated heterocycles. The molecule has 1 aromatic heterocycles. The summed E-state index contributed by atoms with van der Waals surface area (Å²) in [6, 6.07) is 16.3. The SMILES string of the molecule is CCC(Sc1ccccn1)C(N)c1ccccc1. The molecule has 1 aromatic carbocycles. The van der Waals surface area contributed by atoms with Gasteiger partial charge in [-0.05, 0) is 24.1 Å². The van der Waals surface area contributed by atoms with Crippen molar-refractivity contribution < 1.29 is 0 Å². The Morgan fingerprint density at radius 2 is 1.83 bits per heavy atom. The number of hydrogen-bond donors (Lipinski definition) is 1. The van der Waals surface area contributed by atoms with Gasteiger partial charge in [-0.1, -0.05) is 43.3 Å². The van der Waals surface area contributed by atoms with Gasteiger partial charge in [0.15, 0.2) is 0 Å². The van der Waals surface area contributed by atoms with E-state index in [2.05, 4.69) is 24.0 Å². The molecule has 3 heteroatoms. The van der Waals surface area contributed by atoms with Gasteiger partial charge >= 0.3 is 0 Å². The van der Waals surface area contributed by atoms with Crippen molar-refractivity contribution in [3.05, 3.63) is 60.3 Å². The molecule has 0 saturated carbocycles. The molecular formula is C15H18N2S. The fourth-order valence-electron chi connectivity index (χ4n) is 1.87. The van der Waals surface area contributed by atoms with Gasteiger partial charge in [-0.2, -0.15) is 0 Å². The first-order valence-corrected chi connectivity index (χ1v) is 7.07. The Morgan fingerprint density at radius 1 is 1.11 bits per heavy atom. The normalized spacial score (nSPS) is 14.1. The molecule has 2 atom stereocenters. The maximum atomic E-state index is 6.35. The molecule has 2 aromatic rings. The summed E-state index contributed by atoms with van der Waals surface area (Å²) in [5.74, 6) is 0. The Balaban J connectivity index is 2.09. The lowest BCUT2D eigenvalue weighted by Crippen LogP contribution is -2.23. The van der Waals surface area contributed by atoms with E-state index in [1.54, 1.807) is 11.8 Å². The third kappa shape index (κ3) is 3.34. The lowest BCUT2D eigenvalue weighted by atomic mass is 10.0. The summed E-state index contributed by atoms with van der Waals surface area (Å²) >= 11 is 1.76. The van der Waals surface area contributed by atoms with Gasteiger partial charge in [0.05, 0.1) is 5.03 Å². The van der Waals surface area contributed by atoms with Crippen LogP contribution in [-0.2, 0) is 0 Å². The summed E-state index contributed by atoms with van der Waals surface area (Å²) in [7, 11) is 0. The largest absolute Gasteiger partial charge is 0.323 e. The molecule has 0 spiro atoms. The number of rotatable bonds is 5. The predicted molar refractivity (Wildman–Crippen MR) is 77.5 cm³/mol. The van der Waals surface area contributed by atoms with Crippen LogP contribution in [0.15, 0.2) is 59.8 Å². The third-order valence-corrected chi connectivity index (χ3v) is 4.31. The minimum atomic E-state index is 0.0446. The van der Waals surface area contributed by atoms with E-state index >= 15 is 0 Å². The molecule has 0 aliphatic heterocycles. The first-order chi connectivity index (χ1) is 8.81. The maximum Gasteiger partial charge on any atom is 0.0963 e. The Morgan fingerprint density at radius 3 is 2.44 bits per heavy atom. The third-order valence-electron chi connectivity index (χ3n) is 2.90. The zero-order chi connectivity index (χ0) is 12.8. The van der Waals surface area contributed by atoms with E-state index in [-0.39, 0.29) is 6.04 Å². The second-order valence-corrected chi connectivity index (χ2v) is 5.43. The van der Waals surface area contributed by atoms with E-state index in [9.17, 15) is 0 Å². The summed E-state index contributed by atoms with van der Waals surface area (Å²) < 4.78 is 0. The van der Waals surface area contributed by atoms with E-state index in [1.165, 1.54) is 5.56 Å². The van der Waals surface area contributed by atoms with Gasteiger partial charge in [0, 0.05) is 17.5 Å². The van der Waals surface area contributed by atoms with Crippen molar-refractivity contribution in [1.29, 1.82) is 0 Å². The number of aromatic nitrogens is 1. The molecule has 2 unspecified atom stereocenters. The van der Waals surface area contributed by atoms with Crippen molar-refractivity contribution in [1.82, 2.24) is 4.98 Å². The van der Waals surface area contributed by atoms with Crippen molar-refractivity contribution in [2.75, 3.05) is 0 Å².